The van der Waals surface area contributed by atoms with Gasteiger partial charge < -0.3 is 14.7 Å². The Morgan fingerprint density at radius 2 is 0.790 bits per heavy atom. The van der Waals surface area contributed by atoms with E-state index in [-0.39, 0.29) is 33.8 Å². The molecule has 406 valence electrons. The molecule has 0 saturated heterocycles. The van der Waals surface area contributed by atoms with Crippen molar-refractivity contribution in [1.82, 2.24) is 0 Å². The fraction of sp³-hybridized carbons (Fsp3) is 0.263. The first-order chi connectivity index (χ1) is 38.3. The number of fused-ring (bicyclic) bond motifs is 6. The molecule has 81 heavy (non-hydrogen) atoms. The Balaban J connectivity index is 1.23. The molecule has 0 aliphatic carbocycles. The maximum Gasteiger partial charge on any atom is 0.264 e. The topological polar surface area (TPSA) is 9.72 Å². The summed E-state index contributed by atoms with van der Waals surface area (Å²) in [6.45, 7) is 34.6. The first kappa shape index (κ1) is 54.0. The highest BCUT2D eigenvalue weighted by Crippen LogP contribution is 2.52. The molecule has 5 heteroatoms. The van der Waals surface area contributed by atoms with E-state index in [9.17, 15) is 0 Å². The number of rotatable bonds is 7. The van der Waals surface area contributed by atoms with Crippen LogP contribution in [0.15, 0.2) is 200 Å². The Morgan fingerprint density at radius 3 is 1.26 bits per heavy atom. The van der Waals surface area contributed by atoms with Crippen LogP contribution in [-0.4, -0.2) is 6.71 Å². The smallest absolute Gasteiger partial charge is 0.264 e. The number of hydrogen-bond acceptors (Lipinski definition) is 4. The van der Waals surface area contributed by atoms with Crippen LogP contribution >= 0.6 is 11.3 Å². The molecule has 12 rings (SSSR count). The third-order valence-corrected chi connectivity index (χ3v) is 18.3. The summed E-state index contributed by atoms with van der Waals surface area (Å²) in [5.74, 6) is 0. The number of hydrogen-bond donors (Lipinski definition) is 0. The third-order valence-electron chi connectivity index (χ3n) is 17.0. The fourth-order valence-corrected chi connectivity index (χ4v) is 13.5. The summed E-state index contributed by atoms with van der Waals surface area (Å²) in [5.41, 5.74) is 24.3. The SMILES string of the molecule is CC(C)(C)c1ccc(N(c2ccc(C(C)(C)C)cc2)c2cc3c(cc2-c2ccccc2)B2c4sc5ccc(C(C)(C)C)cc5c4N(c4ccc(C(C)(C)C)cc4)c4cc(-c5ccccc5)cc(c42)N3c2ccc(C(C)(C)C)cc2)cc1. The van der Waals surface area contributed by atoms with Crippen molar-refractivity contribution in [3.05, 3.63) is 228 Å². The van der Waals surface area contributed by atoms with Gasteiger partial charge in [-0.15, -0.1) is 11.3 Å². The van der Waals surface area contributed by atoms with Crippen molar-refractivity contribution in [3.8, 4) is 22.3 Å². The van der Waals surface area contributed by atoms with Crippen LogP contribution in [0.1, 0.15) is 132 Å². The second kappa shape index (κ2) is 19.6. The molecule has 0 atom stereocenters. The predicted molar refractivity (Wildman–Crippen MR) is 355 cm³/mol. The van der Waals surface area contributed by atoms with Crippen molar-refractivity contribution in [2.75, 3.05) is 14.7 Å². The fourth-order valence-electron chi connectivity index (χ4n) is 12.2. The van der Waals surface area contributed by atoms with Gasteiger partial charge in [-0.2, -0.15) is 0 Å². The van der Waals surface area contributed by atoms with E-state index in [1.54, 1.807) is 0 Å². The van der Waals surface area contributed by atoms with Gasteiger partial charge in [0.25, 0.3) is 6.71 Å². The minimum atomic E-state index is -0.0994. The molecule has 0 radical (unpaired) electrons. The van der Waals surface area contributed by atoms with Gasteiger partial charge in [0, 0.05) is 60.2 Å². The lowest BCUT2D eigenvalue weighted by atomic mass is 9.36. The van der Waals surface area contributed by atoms with Gasteiger partial charge in [-0.3, -0.25) is 0 Å². The van der Waals surface area contributed by atoms with Crippen LogP contribution in [-0.2, 0) is 27.1 Å². The van der Waals surface area contributed by atoms with E-state index < -0.39 is 0 Å². The lowest BCUT2D eigenvalue weighted by Gasteiger charge is -2.44. The van der Waals surface area contributed by atoms with E-state index in [0.29, 0.717) is 0 Å². The normalized spacial score (nSPS) is 13.5. The van der Waals surface area contributed by atoms with E-state index in [1.165, 1.54) is 98.6 Å². The molecule has 3 nitrogen and oxygen atoms in total. The highest BCUT2D eigenvalue weighted by molar-refractivity contribution is 7.33. The molecule has 0 spiro atoms. The third kappa shape index (κ3) is 9.80. The molecule has 2 aliphatic heterocycles. The number of anilines is 9. The Bertz CT molecular complexity index is 3910. The van der Waals surface area contributed by atoms with Gasteiger partial charge in [0.05, 0.1) is 11.4 Å². The highest BCUT2D eigenvalue weighted by atomic mass is 32.1. The van der Waals surface area contributed by atoms with Crippen molar-refractivity contribution in [1.29, 1.82) is 0 Å². The second-order valence-electron chi connectivity index (χ2n) is 28.0. The molecule has 1 aromatic heterocycles. The Labute approximate surface area is 488 Å². The summed E-state index contributed by atoms with van der Waals surface area (Å²) in [4.78, 5) is 7.77. The standard InChI is InChI=1S/C76H78BN3S/c1-72(2,3)52-26-35-57(36-27-52)78(58-37-28-53(29-38-58)73(4,5)6)64-48-65-63(47-61(64)50-24-20-17-21-25-50)77-69-66(79(65)59-39-30-54(31-40-59)74(7,8)9)44-51(49-22-18-16-19-23-49)45-67(69)80(60-41-32-55(33-42-60)75(10,11)12)70-62-46-56(76(13,14)15)34-43-68(62)81-71(70)77/h16-48H,1-15H3. The number of nitrogens with zero attached hydrogens (tertiary/aromatic N) is 3. The maximum absolute atomic E-state index is 2.64. The van der Waals surface area contributed by atoms with Gasteiger partial charge in [0.2, 0.25) is 0 Å². The first-order valence-electron chi connectivity index (χ1n) is 29.2. The van der Waals surface area contributed by atoms with Gasteiger partial charge in [-0.25, -0.2) is 0 Å². The van der Waals surface area contributed by atoms with Crippen LogP contribution < -0.4 is 30.4 Å². The second-order valence-corrected chi connectivity index (χ2v) is 29.1. The molecular formula is C76H78BN3S. The largest absolute Gasteiger partial charge is 0.311 e. The molecule has 0 N–H and O–H groups in total. The molecular weight excluding hydrogens is 998 g/mol. The van der Waals surface area contributed by atoms with Crippen molar-refractivity contribution in [2.45, 2.75) is 131 Å². The first-order valence-corrected chi connectivity index (χ1v) is 30.0. The average Bonchev–Trinajstić information content (AvgIpc) is 2.21. The van der Waals surface area contributed by atoms with Gasteiger partial charge in [0.1, 0.15) is 0 Å². The monoisotopic (exact) mass is 1080 g/mol. The van der Waals surface area contributed by atoms with Gasteiger partial charge in [-0.05, 0) is 161 Å². The zero-order chi connectivity index (χ0) is 57.1. The predicted octanol–water partition coefficient (Wildman–Crippen LogP) is 20.3. The minimum absolute atomic E-state index is 0.00215. The van der Waals surface area contributed by atoms with Gasteiger partial charge in [0.15, 0.2) is 0 Å². The lowest BCUT2D eigenvalue weighted by Crippen LogP contribution is -2.60. The average molecular weight is 1080 g/mol. The Hall–Kier alpha value is -7.60. The molecule has 0 saturated carbocycles. The van der Waals surface area contributed by atoms with Crippen LogP contribution in [0.3, 0.4) is 0 Å². The number of benzene rings is 9. The van der Waals surface area contributed by atoms with Crippen molar-refractivity contribution in [2.24, 2.45) is 0 Å². The molecule has 0 unspecified atom stereocenters. The summed E-state index contributed by atoms with van der Waals surface area (Å²) in [6, 6.07) is 77.2. The van der Waals surface area contributed by atoms with Gasteiger partial charge in [-0.1, -0.05) is 225 Å². The van der Waals surface area contributed by atoms with Crippen LogP contribution in [0.5, 0.6) is 0 Å². The summed E-state index contributed by atoms with van der Waals surface area (Å²) < 4.78 is 2.66. The van der Waals surface area contributed by atoms with E-state index in [0.717, 1.165) is 28.4 Å². The molecule has 0 bridgehead atoms. The molecule has 0 amide bonds. The minimum Gasteiger partial charge on any atom is -0.311 e. The summed E-state index contributed by atoms with van der Waals surface area (Å²) in [6.07, 6.45) is 0. The number of thiophene rings is 1. The highest BCUT2D eigenvalue weighted by Gasteiger charge is 2.46. The zero-order valence-corrected chi connectivity index (χ0v) is 51.2. The van der Waals surface area contributed by atoms with E-state index >= 15 is 0 Å². The Kier molecular flexibility index (Phi) is 13.0. The quantitative estimate of drug-likeness (QED) is 0.147. The van der Waals surface area contributed by atoms with Crippen molar-refractivity contribution in [3.63, 3.8) is 0 Å². The van der Waals surface area contributed by atoms with Crippen molar-refractivity contribution >= 4 is 95.0 Å². The van der Waals surface area contributed by atoms with Crippen LogP contribution in [0.4, 0.5) is 51.2 Å². The van der Waals surface area contributed by atoms with E-state index in [2.05, 4.69) is 319 Å². The maximum atomic E-state index is 2.64. The van der Waals surface area contributed by atoms with Crippen molar-refractivity contribution < 1.29 is 0 Å². The van der Waals surface area contributed by atoms with E-state index in [4.69, 9.17) is 0 Å². The summed E-state index contributed by atoms with van der Waals surface area (Å²) in [5, 5.41) is 1.30. The van der Waals surface area contributed by atoms with Crippen LogP contribution in [0, 0.1) is 0 Å². The lowest BCUT2D eigenvalue weighted by molar-refractivity contribution is 0.590. The van der Waals surface area contributed by atoms with E-state index in [1.807, 2.05) is 11.3 Å². The van der Waals surface area contributed by atoms with Gasteiger partial charge >= 0.3 is 0 Å². The Morgan fingerprint density at radius 1 is 0.370 bits per heavy atom. The summed E-state index contributed by atoms with van der Waals surface area (Å²) in [7, 11) is 0. The zero-order valence-electron chi connectivity index (χ0n) is 50.4. The summed E-state index contributed by atoms with van der Waals surface area (Å²) >= 11 is 1.97. The molecule has 10 aromatic rings. The molecule has 0 fully saturated rings. The molecule has 3 heterocycles. The van der Waals surface area contributed by atoms with Crippen LogP contribution in [0.25, 0.3) is 32.3 Å². The molecule has 9 aromatic carbocycles. The molecule has 2 aliphatic rings. The van der Waals surface area contributed by atoms with Crippen LogP contribution in [0.2, 0.25) is 0 Å².